The Hall–Kier alpha value is -4.96. The van der Waals surface area contributed by atoms with Crippen LogP contribution in [-0.4, -0.2) is 26.9 Å². The molecule has 5 rings (SSSR count). The topological polar surface area (TPSA) is 96.6 Å². The van der Waals surface area contributed by atoms with Gasteiger partial charge in [-0.3, -0.25) is 4.79 Å². The lowest BCUT2D eigenvalue weighted by molar-refractivity contribution is 0.414. The molecule has 0 aliphatic carbocycles. The van der Waals surface area contributed by atoms with Crippen LogP contribution in [0.2, 0.25) is 0 Å². The highest BCUT2D eigenvalue weighted by molar-refractivity contribution is 5.92. The zero-order valence-corrected chi connectivity index (χ0v) is 19.2. The Morgan fingerprint density at radius 3 is 2.60 bits per heavy atom. The number of rotatable bonds is 5. The molecule has 0 unspecified atom stereocenters. The molecule has 1 N–H and O–H groups in total. The van der Waals surface area contributed by atoms with Crippen molar-refractivity contribution in [2.45, 2.75) is 6.92 Å². The van der Waals surface area contributed by atoms with Crippen LogP contribution in [0.5, 0.6) is 5.75 Å². The lowest BCUT2D eigenvalue weighted by atomic mass is 10.0. The van der Waals surface area contributed by atoms with E-state index in [0.29, 0.717) is 16.6 Å². The number of benzene rings is 3. The summed E-state index contributed by atoms with van der Waals surface area (Å²) < 4.78 is 7.13. The number of aromatic amines is 1. The number of nitriles is 1. The smallest absolute Gasteiger partial charge is 0.259 e. The number of aromatic nitrogens is 4. The molecule has 0 aliphatic heterocycles. The summed E-state index contributed by atoms with van der Waals surface area (Å²) in [6.45, 7) is 1.99. The van der Waals surface area contributed by atoms with Gasteiger partial charge in [0.1, 0.15) is 17.5 Å². The molecule has 35 heavy (non-hydrogen) atoms. The van der Waals surface area contributed by atoms with Crippen LogP contribution in [-0.2, 0) is 0 Å². The van der Waals surface area contributed by atoms with Gasteiger partial charge in [0.25, 0.3) is 5.56 Å². The zero-order chi connectivity index (χ0) is 24.4. The summed E-state index contributed by atoms with van der Waals surface area (Å²) in [5.41, 5.74) is 4.65. The van der Waals surface area contributed by atoms with Crippen LogP contribution in [0.25, 0.3) is 39.5 Å². The van der Waals surface area contributed by atoms with Crippen LogP contribution in [0, 0.1) is 18.3 Å². The average molecular weight is 460 g/mol. The standard InChI is InChI=1S/C28H21N5O2/c1-18-14-22(35-2)12-13-23(18)26-20(17-33(32-26)21-8-4-3-5-9-21)15-19(16-29)27-30-25-11-7-6-10-24(25)28(34)31-27/h3-15,17H,1-2H3,(H,30,31,34). The molecule has 170 valence electrons. The quantitative estimate of drug-likeness (QED) is 0.366. The Bertz CT molecular complexity index is 1670. The average Bonchev–Trinajstić information content (AvgIpc) is 3.31. The zero-order valence-electron chi connectivity index (χ0n) is 19.2. The first-order chi connectivity index (χ1) is 17.1. The molecule has 0 aliphatic rings. The number of fused-ring (bicyclic) bond motifs is 1. The van der Waals surface area contributed by atoms with Crippen LogP contribution in [0.15, 0.2) is 83.8 Å². The molecule has 0 bridgehead atoms. The van der Waals surface area contributed by atoms with Crippen LogP contribution >= 0.6 is 0 Å². The number of methoxy groups -OCH3 is 1. The van der Waals surface area contributed by atoms with E-state index < -0.39 is 0 Å². The first kappa shape index (κ1) is 21.9. The van der Waals surface area contributed by atoms with Gasteiger partial charge >= 0.3 is 0 Å². The maximum Gasteiger partial charge on any atom is 0.259 e. The predicted octanol–water partition coefficient (Wildman–Crippen LogP) is 5.16. The van der Waals surface area contributed by atoms with E-state index in [9.17, 15) is 10.1 Å². The number of hydrogen-bond donors (Lipinski definition) is 1. The molecule has 2 aromatic heterocycles. The van der Waals surface area contributed by atoms with Crippen LogP contribution in [0.3, 0.4) is 0 Å². The SMILES string of the molecule is COc1ccc(-c2nn(-c3ccccc3)cc2C=C(C#N)c2nc3ccccc3c(=O)[nH]2)c(C)c1. The monoisotopic (exact) mass is 459 g/mol. The molecule has 7 nitrogen and oxygen atoms in total. The lowest BCUT2D eigenvalue weighted by Gasteiger charge is -2.07. The first-order valence-electron chi connectivity index (χ1n) is 11.0. The normalized spacial score (nSPS) is 11.4. The summed E-state index contributed by atoms with van der Waals surface area (Å²) in [6.07, 6.45) is 3.57. The summed E-state index contributed by atoms with van der Waals surface area (Å²) in [6, 6.07) is 24.7. The largest absolute Gasteiger partial charge is 0.497 e. The van der Waals surface area contributed by atoms with Crippen molar-refractivity contribution in [3.8, 4) is 28.8 Å². The van der Waals surface area contributed by atoms with Crippen molar-refractivity contribution in [3.63, 3.8) is 0 Å². The number of aryl methyl sites for hydroxylation is 1. The number of nitrogens with zero attached hydrogens (tertiary/aromatic N) is 4. The fourth-order valence-electron chi connectivity index (χ4n) is 3.97. The number of para-hydroxylation sites is 2. The molecule has 0 radical (unpaired) electrons. The van der Waals surface area contributed by atoms with E-state index in [1.807, 2.05) is 67.7 Å². The predicted molar refractivity (Wildman–Crippen MR) is 136 cm³/mol. The molecule has 0 atom stereocenters. The minimum atomic E-state index is -0.294. The highest BCUT2D eigenvalue weighted by Gasteiger charge is 2.16. The molecule has 0 saturated heterocycles. The van der Waals surface area contributed by atoms with Gasteiger partial charge in [-0.15, -0.1) is 0 Å². The first-order valence-corrected chi connectivity index (χ1v) is 11.0. The van der Waals surface area contributed by atoms with Gasteiger partial charge < -0.3 is 9.72 Å². The Balaban J connectivity index is 1.70. The number of hydrogen-bond acceptors (Lipinski definition) is 5. The minimum Gasteiger partial charge on any atom is -0.497 e. The van der Waals surface area contributed by atoms with Crippen molar-refractivity contribution in [2.75, 3.05) is 7.11 Å². The fourth-order valence-corrected chi connectivity index (χ4v) is 3.97. The molecule has 2 heterocycles. The van der Waals surface area contributed by atoms with E-state index in [4.69, 9.17) is 9.84 Å². The van der Waals surface area contributed by atoms with Crippen molar-refractivity contribution < 1.29 is 4.74 Å². The van der Waals surface area contributed by atoms with Gasteiger partial charge in [0.2, 0.25) is 0 Å². The number of ether oxygens (including phenoxy) is 1. The van der Waals surface area contributed by atoms with Gasteiger partial charge in [-0.25, -0.2) is 9.67 Å². The number of nitrogens with one attached hydrogen (secondary N) is 1. The summed E-state index contributed by atoms with van der Waals surface area (Å²) in [4.78, 5) is 19.9. The molecular weight excluding hydrogens is 438 g/mol. The Morgan fingerprint density at radius 2 is 1.86 bits per heavy atom. The van der Waals surface area contributed by atoms with E-state index in [1.165, 1.54) is 0 Å². The highest BCUT2D eigenvalue weighted by Crippen LogP contribution is 2.31. The van der Waals surface area contributed by atoms with Gasteiger partial charge in [-0.1, -0.05) is 30.3 Å². The molecule has 5 aromatic rings. The van der Waals surface area contributed by atoms with Gasteiger partial charge in [0, 0.05) is 17.3 Å². The molecule has 0 spiro atoms. The van der Waals surface area contributed by atoms with E-state index >= 15 is 0 Å². The van der Waals surface area contributed by atoms with Gasteiger partial charge in [0.15, 0.2) is 5.82 Å². The summed E-state index contributed by atoms with van der Waals surface area (Å²) in [7, 11) is 1.63. The van der Waals surface area contributed by atoms with Gasteiger partial charge in [0.05, 0.1) is 29.3 Å². The van der Waals surface area contributed by atoms with Crippen LogP contribution in [0.4, 0.5) is 0 Å². The van der Waals surface area contributed by atoms with Crippen molar-refractivity contribution in [1.82, 2.24) is 19.7 Å². The second-order valence-corrected chi connectivity index (χ2v) is 8.00. The van der Waals surface area contributed by atoms with E-state index in [-0.39, 0.29) is 17.0 Å². The number of allylic oxidation sites excluding steroid dienone is 1. The van der Waals surface area contributed by atoms with E-state index in [0.717, 1.165) is 28.1 Å². The Labute approximate surface area is 201 Å². The van der Waals surface area contributed by atoms with Gasteiger partial charge in [-0.05, 0) is 61.0 Å². The fraction of sp³-hybridized carbons (Fsp3) is 0.0714. The van der Waals surface area contributed by atoms with Crippen LogP contribution in [0.1, 0.15) is 17.0 Å². The lowest BCUT2D eigenvalue weighted by Crippen LogP contribution is -2.11. The summed E-state index contributed by atoms with van der Waals surface area (Å²) >= 11 is 0. The third-order valence-corrected chi connectivity index (χ3v) is 5.74. The summed E-state index contributed by atoms with van der Waals surface area (Å²) in [5, 5.41) is 15.3. The molecule has 0 fully saturated rings. The molecule has 0 saturated carbocycles. The second kappa shape index (κ2) is 9.12. The van der Waals surface area contributed by atoms with Crippen molar-refractivity contribution in [2.24, 2.45) is 0 Å². The van der Waals surface area contributed by atoms with Crippen LogP contribution < -0.4 is 10.3 Å². The maximum atomic E-state index is 12.6. The minimum absolute atomic E-state index is 0.209. The van der Waals surface area contributed by atoms with E-state index in [2.05, 4.69) is 16.0 Å². The Morgan fingerprint density at radius 1 is 1.09 bits per heavy atom. The van der Waals surface area contributed by atoms with Crippen molar-refractivity contribution in [3.05, 3.63) is 106 Å². The Kier molecular flexibility index (Phi) is 5.70. The third-order valence-electron chi connectivity index (χ3n) is 5.74. The molecule has 3 aromatic carbocycles. The summed E-state index contributed by atoms with van der Waals surface area (Å²) in [5.74, 6) is 0.961. The van der Waals surface area contributed by atoms with Gasteiger partial charge in [-0.2, -0.15) is 10.4 Å². The second-order valence-electron chi connectivity index (χ2n) is 8.00. The molecule has 0 amide bonds. The van der Waals surface area contributed by atoms with Crippen molar-refractivity contribution >= 4 is 22.6 Å². The third kappa shape index (κ3) is 4.21. The maximum absolute atomic E-state index is 12.6. The number of H-pyrrole nitrogens is 1. The van der Waals surface area contributed by atoms with Crippen molar-refractivity contribution in [1.29, 1.82) is 5.26 Å². The highest BCUT2D eigenvalue weighted by atomic mass is 16.5. The van der Waals surface area contributed by atoms with E-state index in [1.54, 1.807) is 36.1 Å². The molecular formula is C28H21N5O2. The molecule has 7 heteroatoms.